The Morgan fingerprint density at radius 1 is 1.29 bits per heavy atom. The Balaban J connectivity index is 2.45. The monoisotopic (exact) mass is 245 g/mol. The normalized spacial score (nSPS) is 12.9. The SMILES string of the molecule is Brc1ccc2oc3c(c2c1)C=C[C+]=C3. The maximum Gasteiger partial charge on any atom is 0.250 e. The van der Waals surface area contributed by atoms with Crippen molar-refractivity contribution in [3.05, 3.63) is 46.1 Å². The number of fused-ring (bicyclic) bond motifs is 3. The van der Waals surface area contributed by atoms with E-state index in [-0.39, 0.29) is 0 Å². The molecule has 14 heavy (non-hydrogen) atoms. The first-order chi connectivity index (χ1) is 6.84. The first kappa shape index (κ1) is 7.98. The van der Waals surface area contributed by atoms with Crippen LogP contribution in [0.2, 0.25) is 0 Å². The van der Waals surface area contributed by atoms with Crippen molar-refractivity contribution in [1.29, 1.82) is 0 Å². The van der Waals surface area contributed by atoms with Gasteiger partial charge >= 0.3 is 0 Å². The molecule has 0 saturated carbocycles. The second-order valence-corrected chi connectivity index (χ2v) is 4.08. The van der Waals surface area contributed by atoms with Crippen molar-refractivity contribution in [2.75, 3.05) is 0 Å². The highest BCUT2D eigenvalue weighted by atomic mass is 79.9. The molecule has 0 amide bonds. The number of rotatable bonds is 0. The Hall–Kier alpha value is -1.37. The average Bonchev–Trinajstić information content (AvgIpc) is 2.56. The van der Waals surface area contributed by atoms with Crippen molar-refractivity contribution < 1.29 is 4.42 Å². The first-order valence-corrected chi connectivity index (χ1v) is 5.12. The van der Waals surface area contributed by atoms with Crippen molar-refractivity contribution in [2.24, 2.45) is 0 Å². The van der Waals surface area contributed by atoms with Crippen LogP contribution in [0.4, 0.5) is 0 Å². The second kappa shape index (κ2) is 2.81. The van der Waals surface area contributed by atoms with Gasteiger partial charge in [-0.15, -0.1) is 0 Å². The molecule has 0 aliphatic heterocycles. The summed E-state index contributed by atoms with van der Waals surface area (Å²) in [6, 6.07) is 6.02. The fraction of sp³-hybridized carbons (Fsp3) is 0. The summed E-state index contributed by atoms with van der Waals surface area (Å²) in [5.74, 6) is 0.889. The van der Waals surface area contributed by atoms with E-state index in [9.17, 15) is 0 Å². The quantitative estimate of drug-likeness (QED) is 0.639. The maximum absolute atomic E-state index is 5.66. The molecule has 66 valence electrons. The van der Waals surface area contributed by atoms with Gasteiger partial charge in [0.1, 0.15) is 17.7 Å². The molecule has 0 bridgehead atoms. The Labute approximate surface area is 89.8 Å². The standard InChI is InChI=1S/C12H6BrO/c13-8-5-6-12-10(7-8)9-3-1-2-4-11(9)14-12/h1,3-7H/q+1. The fourth-order valence-electron chi connectivity index (χ4n) is 1.64. The van der Waals surface area contributed by atoms with E-state index < -0.39 is 0 Å². The third kappa shape index (κ3) is 1.05. The predicted octanol–water partition coefficient (Wildman–Crippen LogP) is 4.04. The van der Waals surface area contributed by atoms with Gasteiger partial charge in [-0.1, -0.05) is 15.9 Å². The maximum atomic E-state index is 5.66. The molecule has 0 fully saturated rings. The van der Waals surface area contributed by atoms with E-state index in [0.717, 1.165) is 26.8 Å². The van der Waals surface area contributed by atoms with Gasteiger partial charge in [-0.3, -0.25) is 0 Å². The highest BCUT2D eigenvalue weighted by molar-refractivity contribution is 9.10. The number of hydrogen-bond donors (Lipinski definition) is 0. The van der Waals surface area contributed by atoms with Gasteiger partial charge in [0.2, 0.25) is 5.76 Å². The Bertz CT molecular complexity index is 561. The molecule has 0 atom stereocenters. The molecule has 0 spiro atoms. The van der Waals surface area contributed by atoms with Gasteiger partial charge < -0.3 is 4.42 Å². The lowest BCUT2D eigenvalue weighted by molar-refractivity contribution is 0.603. The van der Waals surface area contributed by atoms with Crippen LogP contribution in [0.3, 0.4) is 0 Å². The van der Waals surface area contributed by atoms with Crippen molar-refractivity contribution in [1.82, 2.24) is 0 Å². The van der Waals surface area contributed by atoms with Crippen LogP contribution in [0, 0.1) is 6.08 Å². The van der Waals surface area contributed by atoms with E-state index in [1.165, 1.54) is 0 Å². The molecule has 2 heteroatoms. The van der Waals surface area contributed by atoms with Crippen LogP contribution in [0.5, 0.6) is 0 Å². The molecule has 1 heterocycles. The van der Waals surface area contributed by atoms with E-state index in [4.69, 9.17) is 4.42 Å². The first-order valence-electron chi connectivity index (χ1n) is 4.32. The summed E-state index contributed by atoms with van der Waals surface area (Å²) in [5, 5.41) is 1.14. The number of benzene rings is 1. The molecule has 1 nitrogen and oxygen atoms in total. The Morgan fingerprint density at radius 3 is 3.14 bits per heavy atom. The van der Waals surface area contributed by atoms with Gasteiger partial charge in [-0.25, -0.2) is 0 Å². The van der Waals surface area contributed by atoms with Crippen molar-refractivity contribution >= 4 is 39.1 Å². The minimum atomic E-state index is 0.889. The molecule has 3 rings (SSSR count). The molecule has 1 aromatic carbocycles. The van der Waals surface area contributed by atoms with Crippen LogP contribution in [-0.2, 0) is 0 Å². The molecule has 0 saturated heterocycles. The zero-order valence-electron chi connectivity index (χ0n) is 7.25. The number of halogens is 1. The smallest absolute Gasteiger partial charge is 0.250 e. The molecule has 1 aromatic heterocycles. The molecule has 0 N–H and O–H groups in total. The zero-order valence-corrected chi connectivity index (χ0v) is 8.84. The minimum Gasteiger partial charge on any atom is -0.396 e. The van der Waals surface area contributed by atoms with Gasteiger partial charge in [0.05, 0.1) is 11.5 Å². The van der Waals surface area contributed by atoms with Gasteiger partial charge in [-0.2, -0.15) is 0 Å². The van der Waals surface area contributed by atoms with Gasteiger partial charge in [0.25, 0.3) is 0 Å². The van der Waals surface area contributed by atoms with Crippen LogP contribution >= 0.6 is 15.9 Å². The average molecular weight is 246 g/mol. The van der Waals surface area contributed by atoms with E-state index in [2.05, 4.69) is 28.1 Å². The summed E-state index contributed by atoms with van der Waals surface area (Å²) < 4.78 is 6.73. The minimum absolute atomic E-state index is 0.889. The van der Waals surface area contributed by atoms with Crippen LogP contribution in [0.1, 0.15) is 11.3 Å². The van der Waals surface area contributed by atoms with Crippen molar-refractivity contribution in [3.8, 4) is 0 Å². The Kier molecular flexibility index (Phi) is 1.60. The molecule has 1 aliphatic rings. The largest absolute Gasteiger partial charge is 0.396 e. The third-order valence-corrected chi connectivity index (χ3v) is 2.77. The lowest BCUT2D eigenvalue weighted by Crippen LogP contribution is -1.77. The van der Waals surface area contributed by atoms with Gasteiger partial charge in [0.15, 0.2) is 5.58 Å². The number of allylic oxidation sites excluding steroid dienone is 2. The van der Waals surface area contributed by atoms with Crippen LogP contribution in [-0.4, -0.2) is 0 Å². The van der Waals surface area contributed by atoms with E-state index in [1.807, 2.05) is 30.4 Å². The van der Waals surface area contributed by atoms with E-state index in [0.29, 0.717) is 0 Å². The van der Waals surface area contributed by atoms with Crippen LogP contribution < -0.4 is 0 Å². The van der Waals surface area contributed by atoms with Crippen molar-refractivity contribution in [2.45, 2.75) is 0 Å². The summed E-state index contributed by atoms with van der Waals surface area (Å²) in [6.07, 6.45) is 8.79. The highest BCUT2D eigenvalue weighted by Crippen LogP contribution is 2.31. The molecule has 2 aromatic rings. The van der Waals surface area contributed by atoms with E-state index >= 15 is 0 Å². The van der Waals surface area contributed by atoms with E-state index in [1.54, 1.807) is 0 Å². The summed E-state index contributed by atoms with van der Waals surface area (Å²) in [5.41, 5.74) is 2.06. The Morgan fingerprint density at radius 2 is 2.21 bits per heavy atom. The lowest BCUT2D eigenvalue weighted by Gasteiger charge is -1.88. The van der Waals surface area contributed by atoms with Crippen LogP contribution in [0.15, 0.2) is 33.2 Å². The zero-order chi connectivity index (χ0) is 9.54. The van der Waals surface area contributed by atoms with Gasteiger partial charge in [0, 0.05) is 10.5 Å². The molecule has 0 unspecified atom stereocenters. The summed E-state index contributed by atoms with van der Waals surface area (Å²) in [4.78, 5) is 0. The number of hydrogen-bond acceptors (Lipinski definition) is 1. The second-order valence-electron chi connectivity index (χ2n) is 3.16. The summed E-state index contributed by atoms with van der Waals surface area (Å²) in [7, 11) is 0. The van der Waals surface area contributed by atoms with Crippen molar-refractivity contribution in [3.63, 3.8) is 0 Å². The lowest BCUT2D eigenvalue weighted by atomic mass is 10.1. The topological polar surface area (TPSA) is 13.1 Å². The fourth-order valence-corrected chi connectivity index (χ4v) is 2.00. The molecular weight excluding hydrogens is 240 g/mol. The summed E-state index contributed by atoms with van der Waals surface area (Å²) in [6.45, 7) is 0. The summed E-state index contributed by atoms with van der Waals surface area (Å²) >= 11 is 3.45. The van der Waals surface area contributed by atoms with Gasteiger partial charge in [-0.05, 0) is 18.2 Å². The third-order valence-electron chi connectivity index (χ3n) is 2.28. The van der Waals surface area contributed by atoms with Crippen LogP contribution in [0.25, 0.3) is 23.1 Å². The predicted molar refractivity (Wildman–Crippen MR) is 60.7 cm³/mol. The molecule has 0 radical (unpaired) electrons. The number of furan rings is 1. The molecular formula is C12H6BrO+. The molecule has 1 aliphatic carbocycles. The highest BCUT2D eigenvalue weighted by Gasteiger charge is 2.18.